The van der Waals surface area contributed by atoms with Gasteiger partial charge in [-0.15, -0.1) is 11.8 Å². The van der Waals surface area contributed by atoms with Crippen molar-refractivity contribution in [2.45, 2.75) is 48.2 Å². The Labute approximate surface area is 330 Å². The Bertz CT molecular complexity index is 2510. The zero-order valence-corrected chi connectivity index (χ0v) is 31.2. The van der Waals surface area contributed by atoms with Crippen LogP contribution in [-0.2, 0) is 19.1 Å². The van der Waals surface area contributed by atoms with Gasteiger partial charge in [0.15, 0.2) is 17.0 Å². The first-order valence-electron chi connectivity index (χ1n) is 17.5. The topological polar surface area (TPSA) is 275 Å². The number of carbonyl (C=O) groups is 5. The van der Waals surface area contributed by atoms with Gasteiger partial charge in [-0.2, -0.15) is 0 Å². The first-order valence-corrected chi connectivity index (χ1v) is 18.3. The van der Waals surface area contributed by atoms with E-state index in [1.54, 1.807) is 13.8 Å². The molecule has 4 atom stereocenters. The zero-order chi connectivity index (χ0) is 41.6. The van der Waals surface area contributed by atoms with E-state index in [2.05, 4.69) is 5.32 Å². The van der Waals surface area contributed by atoms with Gasteiger partial charge in [-0.05, 0) is 55.8 Å². The lowest BCUT2D eigenvalue weighted by Gasteiger charge is -2.44. The number of nitrogens with two attached hydrogens (primary N) is 1. The molecule has 3 aromatic carbocycles. The number of hydrogen-bond donors (Lipinski definition) is 5. The van der Waals surface area contributed by atoms with Crippen LogP contribution < -0.4 is 31.4 Å². The van der Waals surface area contributed by atoms with Crippen LogP contribution in [0.15, 0.2) is 91.2 Å². The van der Waals surface area contributed by atoms with Crippen molar-refractivity contribution in [1.29, 1.82) is 0 Å². The fourth-order valence-electron chi connectivity index (χ4n) is 6.72. The fourth-order valence-corrected chi connectivity index (χ4v) is 8.34. The molecule has 0 aliphatic carbocycles. The number of esters is 1. The van der Waals surface area contributed by atoms with Crippen LogP contribution in [0.1, 0.15) is 46.6 Å². The molecule has 2 amide bonds. The quantitative estimate of drug-likeness (QED) is 0.0844. The SMILES string of the molecule is CC1(C)SC2[C@H](NC(=O)C(N)c3ccc(O)cc3)C(=O)N2C1C(=O)OC(COc1cccc2oc(C(=O)O)cc(=O)c12)COc1cccc2oc(C(=O)O)cc(=O)c12. The number of carbonyl (C=O) groups excluding carboxylic acids is 3. The third-order valence-corrected chi connectivity index (χ3v) is 11.1. The standard InChI is InChI=1S/C39H33N3O15S/c1-39(2)32(42-34(47)31(35(42)58-39)41-33(46)30(40)17-9-11-18(43)12-10-17)38(52)55-19(15-53-22-5-3-7-24-28(22)20(44)13-26(56-24)36(48)49)16-54-23-6-4-8-25-29(23)21(45)14-27(57-25)37(50)51/h3-14,19,30-32,35,43H,15-16,40H2,1-2H3,(H,41,46)(H,48,49)(H,50,51)/t30?,31-,32?,35?/m1/s1. The van der Waals surface area contributed by atoms with Crippen LogP contribution >= 0.6 is 11.8 Å². The number of thioether (sulfide) groups is 1. The van der Waals surface area contributed by atoms with Crippen LogP contribution in [0.4, 0.5) is 0 Å². The van der Waals surface area contributed by atoms with Gasteiger partial charge in [-0.1, -0.05) is 24.3 Å². The second kappa shape index (κ2) is 15.2. The summed E-state index contributed by atoms with van der Waals surface area (Å²) in [6, 6.07) is 12.4. The van der Waals surface area contributed by atoms with E-state index < -0.39 is 99.7 Å². The van der Waals surface area contributed by atoms with Crippen LogP contribution in [-0.4, -0.2) is 91.5 Å². The van der Waals surface area contributed by atoms with Crippen molar-refractivity contribution in [2.75, 3.05) is 13.2 Å². The minimum atomic E-state index is -1.46. The van der Waals surface area contributed by atoms with Gasteiger partial charge < -0.3 is 54.3 Å². The number of phenols is 1. The maximum atomic E-state index is 14.1. The minimum Gasteiger partial charge on any atom is -0.508 e. The maximum Gasteiger partial charge on any atom is 0.371 e. The normalized spacial score (nSPS) is 18.7. The Morgan fingerprint density at radius 1 is 0.845 bits per heavy atom. The molecule has 58 heavy (non-hydrogen) atoms. The largest absolute Gasteiger partial charge is 0.508 e. The summed E-state index contributed by atoms with van der Waals surface area (Å²) in [5.41, 5.74) is 4.90. The van der Waals surface area contributed by atoms with Crippen LogP contribution in [0.5, 0.6) is 17.2 Å². The highest BCUT2D eigenvalue weighted by Crippen LogP contribution is 2.51. The molecule has 0 radical (unpaired) electrons. The Kier molecular flexibility index (Phi) is 10.3. The van der Waals surface area contributed by atoms with Crippen molar-refractivity contribution in [2.24, 2.45) is 5.73 Å². The second-order valence-corrected chi connectivity index (χ2v) is 15.6. The number of β-lactam (4-membered cyclic amide) rings is 1. The van der Waals surface area contributed by atoms with E-state index in [9.17, 15) is 48.9 Å². The van der Waals surface area contributed by atoms with E-state index >= 15 is 0 Å². The van der Waals surface area contributed by atoms with Gasteiger partial charge in [0.1, 0.15) is 75.9 Å². The van der Waals surface area contributed by atoms with Crippen molar-refractivity contribution in [1.82, 2.24) is 10.2 Å². The number of fused-ring (bicyclic) bond motifs is 3. The number of hydrogen-bond acceptors (Lipinski definition) is 15. The first kappa shape index (κ1) is 39.4. The molecular formula is C39H33N3O15S. The van der Waals surface area contributed by atoms with Crippen molar-refractivity contribution < 1.29 is 62.3 Å². The summed E-state index contributed by atoms with van der Waals surface area (Å²) in [6.45, 7) is 2.50. The van der Waals surface area contributed by atoms with Crippen molar-refractivity contribution in [3.05, 3.63) is 110 Å². The van der Waals surface area contributed by atoms with Crippen LogP contribution in [0.2, 0.25) is 0 Å². The number of benzene rings is 3. The summed E-state index contributed by atoms with van der Waals surface area (Å²) >= 11 is 1.26. The van der Waals surface area contributed by atoms with Gasteiger partial charge in [-0.3, -0.25) is 19.2 Å². The second-order valence-electron chi connectivity index (χ2n) is 13.8. The predicted octanol–water partition coefficient (Wildman–Crippen LogP) is 2.62. The maximum absolute atomic E-state index is 14.1. The van der Waals surface area contributed by atoms with Gasteiger partial charge in [0.05, 0.1) is 0 Å². The summed E-state index contributed by atoms with van der Waals surface area (Å²) in [5.74, 6) is -6.30. The summed E-state index contributed by atoms with van der Waals surface area (Å²) in [4.78, 5) is 90.9. The molecule has 2 aromatic heterocycles. The molecule has 2 aliphatic rings. The molecule has 2 saturated heterocycles. The molecule has 2 aliphatic heterocycles. The number of aromatic hydroxyl groups is 1. The number of rotatable bonds is 13. The number of carboxylic acid groups (broad SMARTS) is 2. The molecule has 0 bridgehead atoms. The van der Waals surface area contributed by atoms with Gasteiger partial charge in [0, 0.05) is 16.9 Å². The summed E-state index contributed by atoms with van der Waals surface area (Å²) < 4.78 is 27.6. The number of amides is 2. The monoisotopic (exact) mass is 815 g/mol. The average molecular weight is 816 g/mol. The molecular weight excluding hydrogens is 783 g/mol. The molecule has 2 fully saturated rings. The molecule has 0 saturated carbocycles. The molecule has 18 nitrogen and oxygen atoms in total. The summed E-state index contributed by atoms with van der Waals surface area (Å²) in [6.07, 6.45) is -1.30. The van der Waals surface area contributed by atoms with E-state index in [-0.39, 0.29) is 39.2 Å². The van der Waals surface area contributed by atoms with Gasteiger partial charge in [0.25, 0.3) is 0 Å². The molecule has 19 heteroatoms. The third kappa shape index (κ3) is 7.39. The average Bonchev–Trinajstić information content (AvgIpc) is 3.44. The van der Waals surface area contributed by atoms with Crippen molar-refractivity contribution in [3.63, 3.8) is 0 Å². The van der Waals surface area contributed by atoms with Crippen molar-refractivity contribution in [3.8, 4) is 17.2 Å². The summed E-state index contributed by atoms with van der Waals surface area (Å²) in [7, 11) is 0. The van der Waals surface area contributed by atoms with E-state index in [4.69, 9.17) is 28.8 Å². The highest BCUT2D eigenvalue weighted by atomic mass is 32.2. The smallest absolute Gasteiger partial charge is 0.371 e. The van der Waals surface area contributed by atoms with E-state index in [0.29, 0.717) is 5.56 Å². The van der Waals surface area contributed by atoms with Gasteiger partial charge in [-0.25, -0.2) is 14.4 Å². The lowest BCUT2D eigenvalue weighted by Crippen LogP contribution is -2.71. The summed E-state index contributed by atoms with van der Waals surface area (Å²) in [5, 5.41) is 30.1. The highest BCUT2D eigenvalue weighted by Gasteiger charge is 2.64. The number of nitrogens with one attached hydrogen (secondary N) is 1. The Morgan fingerprint density at radius 3 is 1.86 bits per heavy atom. The fraction of sp³-hybridized carbons (Fsp3) is 0.256. The van der Waals surface area contributed by atoms with E-state index in [1.807, 2.05) is 0 Å². The zero-order valence-electron chi connectivity index (χ0n) is 30.4. The molecule has 0 spiro atoms. The lowest BCUT2D eigenvalue weighted by atomic mass is 9.95. The van der Waals surface area contributed by atoms with Gasteiger partial charge in [0.2, 0.25) is 23.3 Å². The van der Waals surface area contributed by atoms with Gasteiger partial charge >= 0.3 is 17.9 Å². The first-order chi connectivity index (χ1) is 27.5. The number of nitrogens with zero attached hydrogens (tertiary/aromatic N) is 1. The number of ether oxygens (including phenoxy) is 3. The van der Waals surface area contributed by atoms with Crippen molar-refractivity contribution >= 4 is 63.4 Å². The Morgan fingerprint density at radius 2 is 1.36 bits per heavy atom. The van der Waals surface area contributed by atoms with Crippen LogP contribution in [0.3, 0.4) is 0 Å². The Balaban J connectivity index is 1.13. The number of phenolic OH excluding ortho intramolecular Hbond substituents is 1. The van der Waals surface area contributed by atoms with E-state index in [1.165, 1.54) is 77.3 Å². The molecule has 7 rings (SSSR count). The lowest BCUT2D eigenvalue weighted by molar-refractivity contribution is -0.169. The Hall–Kier alpha value is -6.86. The number of aromatic carboxylic acids is 2. The molecule has 300 valence electrons. The minimum absolute atomic E-state index is 0.0153. The molecule has 3 unspecified atom stereocenters. The molecule has 5 aromatic rings. The van der Waals surface area contributed by atoms with Crippen LogP contribution in [0.25, 0.3) is 21.9 Å². The van der Waals surface area contributed by atoms with E-state index in [0.717, 1.165) is 12.1 Å². The highest BCUT2D eigenvalue weighted by molar-refractivity contribution is 8.01. The number of carboxylic acids is 2. The predicted molar refractivity (Wildman–Crippen MR) is 203 cm³/mol. The third-order valence-electron chi connectivity index (χ3n) is 9.48. The molecule has 4 heterocycles. The van der Waals surface area contributed by atoms with Crippen LogP contribution in [0, 0.1) is 0 Å². The molecule has 6 N–H and O–H groups in total.